The molecule has 0 bridgehead atoms. The Bertz CT molecular complexity index is 288. The lowest BCUT2D eigenvalue weighted by Crippen LogP contribution is -2.21. The molecule has 3 heteroatoms. The van der Waals surface area contributed by atoms with Crippen LogP contribution in [0.2, 0.25) is 0 Å². The van der Waals surface area contributed by atoms with Crippen LogP contribution in [0.1, 0.15) is 18.9 Å². The molecule has 0 amide bonds. The van der Waals surface area contributed by atoms with Gasteiger partial charge in [0, 0.05) is 6.04 Å². The third-order valence-electron chi connectivity index (χ3n) is 2.05. The molecule has 1 rings (SSSR count). The Kier molecular flexibility index (Phi) is 3.25. The lowest BCUT2D eigenvalue weighted by atomic mass is 10.0. The number of phenols is 1. The topological polar surface area (TPSA) is 46.2 Å². The van der Waals surface area contributed by atoms with Crippen molar-refractivity contribution in [3.05, 3.63) is 29.6 Å². The van der Waals surface area contributed by atoms with Crippen molar-refractivity contribution in [1.29, 1.82) is 0 Å². The lowest BCUT2D eigenvalue weighted by molar-refractivity contribution is 0.461. The van der Waals surface area contributed by atoms with E-state index < -0.39 is 0 Å². The van der Waals surface area contributed by atoms with Gasteiger partial charge in [-0.2, -0.15) is 0 Å². The molecule has 0 aliphatic heterocycles. The molecule has 0 aromatic heterocycles. The van der Waals surface area contributed by atoms with Gasteiger partial charge >= 0.3 is 0 Å². The normalized spacial score (nSPS) is 12.8. The molecular formula is C10H14FNO. The number of phenolic OH excluding ortho intramolecular Hbond substituents is 1. The van der Waals surface area contributed by atoms with Crippen molar-refractivity contribution >= 4 is 0 Å². The van der Waals surface area contributed by atoms with Crippen molar-refractivity contribution < 1.29 is 9.50 Å². The second-order valence-corrected chi connectivity index (χ2v) is 3.15. The summed E-state index contributed by atoms with van der Waals surface area (Å²) in [6, 6.07) is 3.89. The molecule has 1 atom stereocenters. The van der Waals surface area contributed by atoms with E-state index in [1.807, 2.05) is 6.92 Å². The fraction of sp³-hybridized carbons (Fsp3) is 0.400. The van der Waals surface area contributed by atoms with Crippen LogP contribution in [0.4, 0.5) is 4.39 Å². The monoisotopic (exact) mass is 183 g/mol. The van der Waals surface area contributed by atoms with E-state index in [1.54, 1.807) is 0 Å². The number of hydrogen-bond donors (Lipinski definition) is 2. The van der Waals surface area contributed by atoms with Crippen molar-refractivity contribution in [2.24, 2.45) is 5.73 Å². The minimum absolute atomic E-state index is 0.0206. The van der Waals surface area contributed by atoms with Crippen molar-refractivity contribution in [3.8, 4) is 5.75 Å². The SMILES string of the molecule is CCC(N)Cc1cc(F)ccc1O. The highest BCUT2D eigenvalue weighted by molar-refractivity contribution is 5.33. The Hall–Kier alpha value is -1.09. The van der Waals surface area contributed by atoms with E-state index in [9.17, 15) is 9.50 Å². The average Bonchev–Trinajstić information content (AvgIpc) is 2.11. The molecule has 0 aliphatic carbocycles. The first kappa shape index (κ1) is 9.99. The van der Waals surface area contributed by atoms with Gasteiger partial charge in [0.15, 0.2) is 0 Å². The fourth-order valence-electron chi connectivity index (χ4n) is 1.14. The number of halogens is 1. The minimum atomic E-state index is -0.337. The number of benzene rings is 1. The Balaban J connectivity index is 2.81. The van der Waals surface area contributed by atoms with Crippen molar-refractivity contribution in [1.82, 2.24) is 0 Å². The van der Waals surface area contributed by atoms with Gasteiger partial charge in [0.05, 0.1) is 0 Å². The van der Waals surface area contributed by atoms with Crippen LogP contribution < -0.4 is 5.73 Å². The molecule has 0 saturated carbocycles. The summed E-state index contributed by atoms with van der Waals surface area (Å²) in [6.07, 6.45) is 1.33. The zero-order chi connectivity index (χ0) is 9.84. The van der Waals surface area contributed by atoms with Gasteiger partial charge in [-0.1, -0.05) is 6.92 Å². The molecule has 3 N–H and O–H groups in total. The van der Waals surface area contributed by atoms with Gasteiger partial charge < -0.3 is 10.8 Å². The summed E-state index contributed by atoms with van der Waals surface area (Å²) in [5, 5.41) is 9.36. The molecule has 0 aliphatic rings. The Morgan fingerprint density at radius 3 is 2.85 bits per heavy atom. The number of nitrogens with two attached hydrogens (primary N) is 1. The van der Waals surface area contributed by atoms with Crippen LogP contribution in [0.15, 0.2) is 18.2 Å². The first-order chi connectivity index (χ1) is 6.13. The molecule has 1 aromatic rings. The summed E-state index contributed by atoms with van der Waals surface area (Å²) in [7, 11) is 0. The van der Waals surface area contributed by atoms with Gasteiger partial charge in [0.2, 0.25) is 0 Å². The zero-order valence-electron chi connectivity index (χ0n) is 7.63. The predicted molar refractivity (Wildman–Crippen MR) is 50.0 cm³/mol. The quantitative estimate of drug-likeness (QED) is 0.750. The summed E-state index contributed by atoms with van der Waals surface area (Å²) in [5.74, 6) is -0.221. The number of rotatable bonds is 3. The number of hydrogen-bond acceptors (Lipinski definition) is 2. The van der Waals surface area contributed by atoms with Crippen LogP contribution in [0.5, 0.6) is 5.75 Å². The first-order valence-corrected chi connectivity index (χ1v) is 4.36. The number of aromatic hydroxyl groups is 1. The second-order valence-electron chi connectivity index (χ2n) is 3.15. The second kappa shape index (κ2) is 4.23. The smallest absolute Gasteiger partial charge is 0.123 e. The largest absolute Gasteiger partial charge is 0.508 e. The van der Waals surface area contributed by atoms with E-state index in [0.717, 1.165) is 6.42 Å². The molecular weight excluding hydrogens is 169 g/mol. The molecule has 0 heterocycles. The van der Waals surface area contributed by atoms with E-state index in [0.29, 0.717) is 12.0 Å². The predicted octanol–water partition coefficient (Wildman–Crippen LogP) is 1.81. The Morgan fingerprint density at radius 2 is 2.23 bits per heavy atom. The third-order valence-corrected chi connectivity index (χ3v) is 2.05. The minimum Gasteiger partial charge on any atom is -0.508 e. The van der Waals surface area contributed by atoms with Crippen molar-refractivity contribution in [3.63, 3.8) is 0 Å². The Labute approximate surface area is 77.2 Å². The standard InChI is InChI=1S/C10H14FNO/c1-2-9(12)6-7-5-8(11)3-4-10(7)13/h3-5,9,13H,2,6,12H2,1H3. The highest BCUT2D eigenvalue weighted by atomic mass is 19.1. The van der Waals surface area contributed by atoms with E-state index in [-0.39, 0.29) is 17.6 Å². The summed E-state index contributed by atoms with van der Waals surface area (Å²) in [6.45, 7) is 1.96. The zero-order valence-corrected chi connectivity index (χ0v) is 7.63. The molecule has 1 unspecified atom stereocenters. The van der Waals surface area contributed by atoms with Crippen LogP contribution in [-0.4, -0.2) is 11.1 Å². The van der Waals surface area contributed by atoms with E-state index in [1.165, 1.54) is 18.2 Å². The van der Waals surface area contributed by atoms with E-state index in [4.69, 9.17) is 5.73 Å². The molecule has 0 spiro atoms. The molecule has 0 radical (unpaired) electrons. The van der Waals surface area contributed by atoms with Crippen LogP contribution in [0.3, 0.4) is 0 Å². The summed E-state index contributed by atoms with van der Waals surface area (Å²) >= 11 is 0. The molecule has 72 valence electrons. The summed E-state index contributed by atoms with van der Waals surface area (Å²) < 4.78 is 12.7. The maximum Gasteiger partial charge on any atom is 0.123 e. The van der Waals surface area contributed by atoms with Crippen LogP contribution in [-0.2, 0) is 6.42 Å². The van der Waals surface area contributed by atoms with Gasteiger partial charge in [0.1, 0.15) is 11.6 Å². The first-order valence-electron chi connectivity index (χ1n) is 4.36. The summed E-state index contributed by atoms with van der Waals surface area (Å²) in [4.78, 5) is 0. The van der Waals surface area contributed by atoms with Crippen LogP contribution in [0.25, 0.3) is 0 Å². The highest BCUT2D eigenvalue weighted by Crippen LogP contribution is 2.19. The van der Waals surface area contributed by atoms with Crippen LogP contribution in [0, 0.1) is 5.82 Å². The van der Waals surface area contributed by atoms with Gasteiger partial charge in [-0.25, -0.2) is 4.39 Å². The third kappa shape index (κ3) is 2.70. The maximum absolute atomic E-state index is 12.7. The van der Waals surface area contributed by atoms with E-state index >= 15 is 0 Å². The van der Waals surface area contributed by atoms with Gasteiger partial charge in [-0.15, -0.1) is 0 Å². The van der Waals surface area contributed by atoms with Crippen molar-refractivity contribution in [2.45, 2.75) is 25.8 Å². The summed E-state index contributed by atoms with van der Waals surface area (Å²) in [5.41, 5.74) is 6.27. The fourth-order valence-corrected chi connectivity index (χ4v) is 1.14. The van der Waals surface area contributed by atoms with Crippen LogP contribution >= 0.6 is 0 Å². The Morgan fingerprint density at radius 1 is 1.54 bits per heavy atom. The van der Waals surface area contributed by atoms with Gasteiger partial charge in [0.25, 0.3) is 0 Å². The lowest BCUT2D eigenvalue weighted by Gasteiger charge is -2.09. The van der Waals surface area contributed by atoms with Gasteiger partial charge in [-0.3, -0.25) is 0 Å². The van der Waals surface area contributed by atoms with Gasteiger partial charge in [-0.05, 0) is 36.6 Å². The average molecular weight is 183 g/mol. The molecule has 13 heavy (non-hydrogen) atoms. The molecule has 2 nitrogen and oxygen atoms in total. The molecule has 0 fully saturated rings. The highest BCUT2D eigenvalue weighted by Gasteiger charge is 2.06. The molecule has 0 saturated heterocycles. The molecule has 1 aromatic carbocycles. The van der Waals surface area contributed by atoms with Crippen molar-refractivity contribution in [2.75, 3.05) is 0 Å². The maximum atomic E-state index is 12.7. The van der Waals surface area contributed by atoms with E-state index in [2.05, 4.69) is 0 Å².